The smallest absolute Gasteiger partial charge is 0.396 e. The Hall–Kier alpha value is -1.04. The molecule has 0 unspecified atom stereocenters. The minimum absolute atomic E-state index is 0.113. The molecule has 0 aliphatic carbocycles. The highest BCUT2D eigenvalue weighted by Crippen LogP contribution is 2.31. The number of unbranched alkanes of at least 4 members (excludes halogenated alkanes) is 2. The number of hydrogen-bond donors (Lipinski definition) is 1. The lowest BCUT2D eigenvalue weighted by Gasteiger charge is -2.04. The van der Waals surface area contributed by atoms with Gasteiger partial charge in [-0.15, -0.1) is 0 Å². The Balaban J connectivity index is 2.79. The van der Waals surface area contributed by atoms with Crippen molar-refractivity contribution >= 4 is 0 Å². The molecule has 1 aromatic heterocycles. The number of rotatable bonds is 7. The van der Waals surface area contributed by atoms with Crippen LogP contribution in [-0.4, -0.2) is 21.5 Å². The Bertz CT molecular complexity index is 361. The molecule has 104 valence electrons. The molecule has 1 heterocycles. The molecule has 0 radical (unpaired) electrons. The third kappa shape index (κ3) is 4.33. The van der Waals surface area contributed by atoms with Crippen LogP contribution in [0.25, 0.3) is 0 Å². The third-order valence-electron chi connectivity index (χ3n) is 2.70. The van der Waals surface area contributed by atoms with Gasteiger partial charge in [-0.1, -0.05) is 19.8 Å². The monoisotopic (exact) mass is 264 g/mol. The Labute approximate surface area is 105 Å². The number of halogens is 3. The van der Waals surface area contributed by atoms with Crippen molar-refractivity contribution in [1.29, 1.82) is 0 Å². The Morgan fingerprint density at radius 2 is 2.00 bits per heavy atom. The molecule has 0 saturated heterocycles. The molecule has 1 aromatic rings. The molecule has 1 rings (SSSR count). The summed E-state index contributed by atoms with van der Waals surface area (Å²) in [4.78, 5) is 0. The Morgan fingerprint density at radius 3 is 2.56 bits per heavy atom. The first-order chi connectivity index (χ1) is 8.49. The zero-order valence-electron chi connectivity index (χ0n) is 10.5. The Morgan fingerprint density at radius 1 is 1.28 bits per heavy atom. The van der Waals surface area contributed by atoms with Crippen LogP contribution in [0.1, 0.15) is 43.9 Å². The van der Waals surface area contributed by atoms with Crippen LogP contribution in [0.5, 0.6) is 0 Å². The predicted molar refractivity (Wildman–Crippen MR) is 62.2 cm³/mol. The summed E-state index contributed by atoms with van der Waals surface area (Å²) in [7, 11) is 0. The van der Waals surface area contributed by atoms with Gasteiger partial charge in [0.1, 0.15) is 0 Å². The molecule has 0 aliphatic rings. The SMILES string of the molecule is CCCCCn1cc(CCCO)c(C(F)(F)F)n1. The summed E-state index contributed by atoms with van der Waals surface area (Å²) in [6.07, 6.45) is 0.394. The van der Waals surface area contributed by atoms with Crippen molar-refractivity contribution < 1.29 is 18.3 Å². The molecule has 0 aromatic carbocycles. The second-order valence-electron chi connectivity index (χ2n) is 4.30. The van der Waals surface area contributed by atoms with E-state index >= 15 is 0 Å². The fourth-order valence-electron chi connectivity index (χ4n) is 1.79. The van der Waals surface area contributed by atoms with Crippen molar-refractivity contribution in [3.05, 3.63) is 17.5 Å². The lowest BCUT2D eigenvalue weighted by atomic mass is 10.1. The summed E-state index contributed by atoms with van der Waals surface area (Å²) in [5.74, 6) is 0. The molecule has 0 saturated carbocycles. The number of aryl methyl sites for hydroxylation is 2. The number of hydrogen-bond acceptors (Lipinski definition) is 2. The number of alkyl halides is 3. The molecule has 0 aliphatic heterocycles. The van der Waals surface area contributed by atoms with Gasteiger partial charge in [-0.3, -0.25) is 4.68 Å². The summed E-state index contributed by atoms with van der Waals surface area (Å²) in [5.41, 5.74) is -0.638. The third-order valence-corrected chi connectivity index (χ3v) is 2.70. The zero-order valence-corrected chi connectivity index (χ0v) is 10.5. The van der Waals surface area contributed by atoms with E-state index < -0.39 is 11.9 Å². The number of nitrogens with zero attached hydrogens (tertiary/aromatic N) is 2. The van der Waals surface area contributed by atoms with Crippen LogP contribution in [0.4, 0.5) is 13.2 Å². The van der Waals surface area contributed by atoms with E-state index in [2.05, 4.69) is 5.10 Å². The van der Waals surface area contributed by atoms with Crippen molar-refractivity contribution in [2.45, 2.75) is 51.7 Å². The van der Waals surface area contributed by atoms with Gasteiger partial charge in [-0.2, -0.15) is 18.3 Å². The van der Waals surface area contributed by atoms with Crippen molar-refractivity contribution in [3.8, 4) is 0 Å². The zero-order chi connectivity index (χ0) is 13.6. The largest absolute Gasteiger partial charge is 0.435 e. The van der Waals surface area contributed by atoms with Crippen LogP contribution in [0.15, 0.2) is 6.20 Å². The van der Waals surface area contributed by atoms with Crippen LogP contribution in [-0.2, 0) is 19.1 Å². The molecule has 6 heteroatoms. The molecule has 1 N–H and O–H groups in total. The topological polar surface area (TPSA) is 38.0 Å². The normalized spacial score (nSPS) is 12.1. The molecular formula is C12H19F3N2O. The fraction of sp³-hybridized carbons (Fsp3) is 0.750. The maximum Gasteiger partial charge on any atom is 0.435 e. The van der Waals surface area contributed by atoms with E-state index in [4.69, 9.17) is 5.11 Å². The van der Waals surface area contributed by atoms with Gasteiger partial charge < -0.3 is 5.11 Å². The van der Waals surface area contributed by atoms with Gasteiger partial charge >= 0.3 is 6.18 Å². The highest BCUT2D eigenvalue weighted by molar-refractivity contribution is 5.20. The minimum Gasteiger partial charge on any atom is -0.396 e. The summed E-state index contributed by atoms with van der Waals surface area (Å²) in [5, 5.41) is 12.3. The number of aromatic nitrogens is 2. The van der Waals surface area contributed by atoms with Crippen molar-refractivity contribution in [2.24, 2.45) is 0 Å². The van der Waals surface area contributed by atoms with Gasteiger partial charge in [0.05, 0.1) is 0 Å². The minimum atomic E-state index is -4.42. The van der Waals surface area contributed by atoms with E-state index in [1.54, 1.807) is 0 Å². The number of aliphatic hydroxyl groups excluding tert-OH is 1. The average Bonchev–Trinajstić information content (AvgIpc) is 2.70. The van der Waals surface area contributed by atoms with E-state index in [-0.39, 0.29) is 18.6 Å². The summed E-state index contributed by atoms with van der Waals surface area (Å²) >= 11 is 0. The summed E-state index contributed by atoms with van der Waals surface area (Å²) < 4.78 is 39.6. The van der Waals surface area contributed by atoms with Crippen LogP contribution in [0.2, 0.25) is 0 Å². The van der Waals surface area contributed by atoms with Crippen LogP contribution in [0.3, 0.4) is 0 Å². The standard InChI is InChI=1S/C12H19F3N2O/c1-2-3-4-7-17-9-10(6-5-8-18)11(16-17)12(13,14)15/h9,18H,2-8H2,1H3. The fourth-order valence-corrected chi connectivity index (χ4v) is 1.79. The van der Waals surface area contributed by atoms with Gasteiger partial charge in [-0.25, -0.2) is 0 Å². The summed E-state index contributed by atoms with van der Waals surface area (Å²) in [6, 6.07) is 0. The highest BCUT2D eigenvalue weighted by atomic mass is 19.4. The molecule has 3 nitrogen and oxygen atoms in total. The molecule has 0 fully saturated rings. The molecule has 0 bridgehead atoms. The van der Waals surface area contributed by atoms with E-state index in [9.17, 15) is 13.2 Å². The average molecular weight is 264 g/mol. The quantitative estimate of drug-likeness (QED) is 0.769. The molecule has 0 amide bonds. The van der Waals surface area contributed by atoms with Crippen LogP contribution < -0.4 is 0 Å². The van der Waals surface area contributed by atoms with E-state index in [1.165, 1.54) is 10.9 Å². The maximum absolute atomic E-state index is 12.7. The van der Waals surface area contributed by atoms with E-state index in [1.807, 2.05) is 6.92 Å². The molecule has 0 spiro atoms. The second kappa shape index (κ2) is 6.78. The first-order valence-corrected chi connectivity index (χ1v) is 6.23. The van der Waals surface area contributed by atoms with Gasteiger partial charge in [0.25, 0.3) is 0 Å². The van der Waals surface area contributed by atoms with Crippen molar-refractivity contribution in [2.75, 3.05) is 6.61 Å². The van der Waals surface area contributed by atoms with Gasteiger partial charge in [0.2, 0.25) is 0 Å². The molecule has 0 atom stereocenters. The van der Waals surface area contributed by atoms with Crippen LogP contribution >= 0.6 is 0 Å². The molecular weight excluding hydrogens is 245 g/mol. The lowest BCUT2D eigenvalue weighted by molar-refractivity contribution is -0.142. The second-order valence-corrected chi connectivity index (χ2v) is 4.30. The predicted octanol–water partition coefficient (Wildman–Crippen LogP) is 3.02. The first kappa shape index (κ1) is 15.0. The number of aliphatic hydroxyl groups is 1. The Kier molecular flexibility index (Phi) is 5.65. The van der Waals surface area contributed by atoms with E-state index in [0.29, 0.717) is 13.0 Å². The van der Waals surface area contributed by atoms with Crippen molar-refractivity contribution in [1.82, 2.24) is 9.78 Å². The maximum atomic E-state index is 12.7. The van der Waals surface area contributed by atoms with Crippen molar-refractivity contribution in [3.63, 3.8) is 0 Å². The summed E-state index contributed by atoms with van der Waals surface area (Å²) in [6.45, 7) is 2.44. The lowest BCUT2D eigenvalue weighted by Crippen LogP contribution is -2.10. The van der Waals surface area contributed by atoms with Gasteiger partial charge in [0, 0.05) is 24.9 Å². The van der Waals surface area contributed by atoms with Gasteiger partial charge in [0.15, 0.2) is 5.69 Å². The van der Waals surface area contributed by atoms with Crippen LogP contribution in [0, 0.1) is 0 Å². The van der Waals surface area contributed by atoms with E-state index in [0.717, 1.165) is 19.3 Å². The first-order valence-electron chi connectivity index (χ1n) is 6.23. The molecule has 18 heavy (non-hydrogen) atoms. The highest BCUT2D eigenvalue weighted by Gasteiger charge is 2.36. The van der Waals surface area contributed by atoms with Gasteiger partial charge in [-0.05, 0) is 19.3 Å².